The highest BCUT2D eigenvalue weighted by molar-refractivity contribution is 6.34. The second-order valence-corrected chi connectivity index (χ2v) is 9.02. The molecule has 0 aliphatic carbocycles. The molecule has 4 rings (SSSR count). The molecule has 1 fully saturated rings. The van der Waals surface area contributed by atoms with Gasteiger partial charge in [0.2, 0.25) is 5.91 Å². The first-order chi connectivity index (χ1) is 15.6. The van der Waals surface area contributed by atoms with Crippen molar-refractivity contribution in [1.29, 1.82) is 0 Å². The summed E-state index contributed by atoms with van der Waals surface area (Å²) in [6.45, 7) is 2.69. The van der Waals surface area contributed by atoms with Crippen LogP contribution in [0.5, 0.6) is 0 Å². The number of hydrogen-bond acceptors (Lipinski definition) is 4. The summed E-state index contributed by atoms with van der Waals surface area (Å²) in [5, 5.41) is 6.77. The first-order valence-corrected chi connectivity index (χ1v) is 11.1. The number of amides is 1. The van der Waals surface area contributed by atoms with Crippen molar-refractivity contribution in [3.05, 3.63) is 68.7 Å². The summed E-state index contributed by atoms with van der Waals surface area (Å²) in [6.07, 6.45) is -4.15. The second kappa shape index (κ2) is 9.16. The van der Waals surface area contributed by atoms with Gasteiger partial charge in [0.15, 0.2) is 0 Å². The number of hydrogen-bond donors (Lipinski definition) is 1. The van der Waals surface area contributed by atoms with Crippen LogP contribution in [0.2, 0.25) is 10.0 Å². The van der Waals surface area contributed by atoms with Gasteiger partial charge in [-0.25, -0.2) is 0 Å². The zero-order valence-corrected chi connectivity index (χ0v) is 19.2. The zero-order valence-electron chi connectivity index (χ0n) is 17.6. The molecule has 0 saturated carbocycles. The van der Waals surface area contributed by atoms with Crippen LogP contribution in [0.15, 0.2) is 41.6 Å². The fraction of sp³-hybridized carbons (Fsp3) is 0.391. The molecule has 2 aromatic carbocycles. The quantitative estimate of drug-likeness (QED) is 0.574. The lowest BCUT2D eigenvalue weighted by Crippen LogP contribution is -2.42. The minimum atomic E-state index is -4.76. The number of benzene rings is 2. The third-order valence-corrected chi connectivity index (χ3v) is 6.30. The van der Waals surface area contributed by atoms with Crippen LogP contribution in [0.1, 0.15) is 41.5 Å². The van der Waals surface area contributed by atoms with Gasteiger partial charge >= 0.3 is 6.18 Å². The Labute approximate surface area is 198 Å². The Morgan fingerprint density at radius 3 is 2.55 bits per heavy atom. The fourth-order valence-corrected chi connectivity index (χ4v) is 4.53. The number of nitrogens with zero attached hydrogens (tertiary/aromatic N) is 1. The van der Waals surface area contributed by atoms with Crippen molar-refractivity contribution in [3.8, 4) is 0 Å². The number of rotatable bonds is 5. The number of alkyl halides is 3. The standard InChI is InChI=1S/C23H21Cl2F3N2O3/c1-13-7-14(4-5-15(13)12-29-21(31)20-3-2-6-32-20)19-11-22(33-30-19,23(26,27)28)16-8-17(24)10-18(25)9-16/h4-5,7-10,20H,2-3,6,11-12H2,1H3,(H,29,31). The Morgan fingerprint density at radius 1 is 1.21 bits per heavy atom. The molecule has 0 spiro atoms. The molecule has 5 nitrogen and oxygen atoms in total. The minimum absolute atomic E-state index is 0.0726. The van der Waals surface area contributed by atoms with Gasteiger partial charge in [0.1, 0.15) is 6.10 Å². The third kappa shape index (κ3) is 4.83. The van der Waals surface area contributed by atoms with E-state index < -0.39 is 24.3 Å². The fourth-order valence-electron chi connectivity index (χ4n) is 4.00. The van der Waals surface area contributed by atoms with Crippen molar-refractivity contribution in [2.24, 2.45) is 5.16 Å². The van der Waals surface area contributed by atoms with Crippen LogP contribution in [-0.2, 0) is 26.5 Å². The molecule has 0 aromatic heterocycles. The maximum atomic E-state index is 14.2. The maximum Gasteiger partial charge on any atom is 0.435 e. The molecule has 2 aromatic rings. The molecule has 2 aliphatic rings. The smallest absolute Gasteiger partial charge is 0.374 e. The van der Waals surface area contributed by atoms with E-state index >= 15 is 0 Å². The van der Waals surface area contributed by atoms with Crippen molar-refractivity contribution in [3.63, 3.8) is 0 Å². The molecule has 2 atom stereocenters. The summed E-state index contributed by atoms with van der Waals surface area (Å²) in [4.78, 5) is 17.2. The summed E-state index contributed by atoms with van der Waals surface area (Å²) >= 11 is 11.9. The average Bonchev–Trinajstić information content (AvgIpc) is 3.42. The maximum absolute atomic E-state index is 14.2. The first kappa shape index (κ1) is 23.9. The van der Waals surface area contributed by atoms with Crippen molar-refractivity contribution >= 4 is 34.8 Å². The molecule has 176 valence electrons. The van der Waals surface area contributed by atoms with E-state index in [9.17, 15) is 18.0 Å². The van der Waals surface area contributed by atoms with Crippen molar-refractivity contribution in [2.75, 3.05) is 6.61 Å². The van der Waals surface area contributed by atoms with Gasteiger partial charge in [-0.2, -0.15) is 13.2 Å². The van der Waals surface area contributed by atoms with Crippen LogP contribution in [-0.4, -0.2) is 30.5 Å². The van der Waals surface area contributed by atoms with Crippen LogP contribution in [0.25, 0.3) is 0 Å². The van der Waals surface area contributed by atoms with Gasteiger partial charge in [-0.05, 0) is 60.7 Å². The molecular formula is C23H21Cl2F3N2O3. The number of carbonyl (C=O) groups excluding carboxylic acids is 1. The van der Waals surface area contributed by atoms with Gasteiger partial charge in [-0.1, -0.05) is 40.5 Å². The SMILES string of the molecule is Cc1cc(C2=NOC(c3cc(Cl)cc(Cl)c3)(C(F)(F)F)C2)ccc1CNC(=O)C1CCCO1. The van der Waals surface area contributed by atoms with Gasteiger partial charge in [-0.15, -0.1) is 0 Å². The van der Waals surface area contributed by atoms with E-state index in [1.54, 1.807) is 18.2 Å². The summed E-state index contributed by atoms with van der Waals surface area (Å²) in [5.74, 6) is -0.167. The largest absolute Gasteiger partial charge is 0.435 e. The van der Waals surface area contributed by atoms with Crippen LogP contribution >= 0.6 is 23.2 Å². The van der Waals surface area contributed by atoms with E-state index in [4.69, 9.17) is 32.8 Å². The summed E-state index contributed by atoms with van der Waals surface area (Å²) in [6, 6.07) is 8.88. The third-order valence-electron chi connectivity index (χ3n) is 5.87. The van der Waals surface area contributed by atoms with Crippen LogP contribution in [0.3, 0.4) is 0 Å². The predicted molar refractivity (Wildman–Crippen MR) is 118 cm³/mol. The predicted octanol–water partition coefficient (Wildman–Crippen LogP) is 5.68. The number of ether oxygens (including phenoxy) is 1. The van der Waals surface area contributed by atoms with E-state index in [0.717, 1.165) is 17.5 Å². The molecule has 1 saturated heterocycles. The first-order valence-electron chi connectivity index (χ1n) is 10.4. The minimum Gasteiger partial charge on any atom is -0.374 e. The van der Waals surface area contributed by atoms with Gasteiger partial charge in [0.25, 0.3) is 5.60 Å². The van der Waals surface area contributed by atoms with Gasteiger partial charge in [0, 0.05) is 35.2 Å². The van der Waals surface area contributed by atoms with E-state index in [0.29, 0.717) is 25.1 Å². The molecule has 2 heterocycles. The molecule has 10 heteroatoms. The molecular weight excluding hydrogens is 480 g/mol. The Balaban J connectivity index is 1.52. The van der Waals surface area contributed by atoms with Crippen molar-refractivity contribution < 1.29 is 27.5 Å². The number of aryl methyl sites for hydroxylation is 1. The Bertz CT molecular complexity index is 1080. The van der Waals surface area contributed by atoms with Gasteiger partial charge in [0.05, 0.1) is 5.71 Å². The highest BCUT2D eigenvalue weighted by Crippen LogP contribution is 2.49. The van der Waals surface area contributed by atoms with Gasteiger partial charge < -0.3 is 14.9 Å². The Hall–Kier alpha value is -2.29. The molecule has 1 N–H and O–H groups in total. The monoisotopic (exact) mass is 500 g/mol. The van der Waals surface area contributed by atoms with Crippen LogP contribution in [0, 0.1) is 6.92 Å². The number of halogens is 5. The molecule has 0 bridgehead atoms. The van der Waals surface area contributed by atoms with Gasteiger partial charge in [-0.3, -0.25) is 4.79 Å². The number of carbonyl (C=O) groups is 1. The molecule has 33 heavy (non-hydrogen) atoms. The van der Waals surface area contributed by atoms with Crippen LogP contribution < -0.4 is 5.32 Å². The van der Waals surface area contributed by atoms with Crippen molar-refractivity contribution in [2.45, 2.75) is 50.6 Å². The molecule has 1 amide bonds. The summed E-state index contributed by atoms with van der Waals surface area (Å²) in [5.41, 5.74) is -0.594. The molecule has 2 aliphatic heterocycles. The van der Waals surface area contributed by atoms with Crippen LogP contribution in [0.4, 0.5) is 13.2 Å². The molecule has 0 radical (unpaired) electrons. The van der Waals surface area contributed by atoms with E-state index in [2.05, 4.69) is 10.5 Å². The Morgan fingerprint density at radius 2 is 1.94 bits per heavy atom. The average molecular weight is 501 g/mol. The Kier molecular flexibility index (Phi) is 6.62. The van der Waals surface area contributed by atoms with E-state index in [1.807, 2.05) is 6.92 Å². The van der Waals surface area contributed by atoms with E-state index in [1.165, 1.54) is 18.2 Å². The van der Waals surface area contributed by atoms with E-state index in [-0.39, 0.29) is 27.2 Å². The summed E-state index contributed by atoms with van der Waals surface area (Å²) in [7, 11) is 0. The highest BCUT2D eigenvalue weighted by atomic mass is 35.5. The lowest BCUT2D eigenvalue weighted by Gasteiger charge is -2.29. The number of oxime groups is 1. The lowest BCUT2D eigenvalue weighted by molar-refractivity contribution is -0.275. The zero-order chi connectivity index (χ0) is 23.8. The summed E-state index contributed by atoms with van der Waals surface area (Å²) < 4.78 is 47.9. The topological polar surface area (TPSA) is 59.9 Å². The normalized spacial score (nSPS) is 22.7. The second-order valence-electron chi connectivity index (χ2n) is 8.15. The lowest BCUT2D eigenvalue weighted by atomic mass is 9.86. The molecule has 2 unspecified atom stereocenters. The van der Waals surface area contributed by atoms with Crippen molar-refractivity contribution in [1.82, 2.24) is 5.32 Å². The number of nitrogens with one attached hydrogen (secondary N) is 1. The highest BCUT2D eigenvalue weighted by Gasteiger charge is 2.62.